The molecule has 1 saturated heterocycles. The van der Waals surface area contributed by atoms with Crippen molar-refractivity contribution >= 4 is 16.9 Å². The van der Waals surface area contributed by atoms with E-state index < -0.39 is 17.1 Å². The molecule has 248 valence electrons. The first-order valence-corrected chi connectivity index (χ1v) is 16.5. The molecule has 3 heterocycles. The van der Waals surface area contributed by atoms with Gasteiger partial charge in [-0.05, 0) is 101 Å². The zero-order valence-corrected chi connectivity index (χ0v) is 27.5. The summed E-state index contributed by atoms with van der Waals surface area (Å²) in [6.07, 6.45) is 4.55. The molecule has 2 aromatic heterocycles. The normalized spacial score (nSPS) is 19.6. The minimum absolute atomic E-state index is 0.0228. The molecular formula is C36H44FN7O3. The summed E-state index contributed by atoms with van der Waals surface area (Å²) in [5.41, 5.74) is 2.80. The second-order valence-electron chi connectivity index (χ2n) is 13.3. The van der Waals surface area contributed by atoms with Crippen molar-refractivity contribution in [2.75, 3.05) is 53.9 Å². The highest BCUT2D eigenvalue weighted by molar-refractivity contribution is 5.78. The lowest BCUT2D eigenvalue weighted by molar-refractivity contribution is -0.122. The lowest BCUT2D eigenvalue weighted by atomic mass is 9.91. The van der Waals surface area contributed by atoms with Crippen molar-refractivity contribution in [3.05, 3.63) is 93.0 Å². The molecule has 0 radical (unpaired) electrons. The average Bonchev–Trinajstić information content (AvgIpc) is 3.26. The van der Waals surface area contributed by atoms with Crippen LogP contribution in [0.2, 0.25) is 0 Å². The first kappa shape index (κ1) is 32.7. The van der Waals surface area contributed by atoms with Crippen molar-refractivity contribution in [2.24, 2.45) is 0 Å². The van der Waals surface area contributed by atoms with Crippen LogP contribution in [-0.2, 0) is 11.3 Å². The molecular weight excluding hydrogens is 597 g/mol. The van der Waals surface area contributed by atoms with Crippen molar-refractivity contribution < 1.29 is 9.18 Å². The molecule has 1 N–H and O–H groups in total. The highest BCUT2D eigenvalue weighted by atomic mass is 19.1. The Balaban J connectivity index is 1.29. The van der Waals surface area contributed by atoms with Crippen LogP contribution in [0.15, 0.2) is 70.4 Å². The van der Waals surface area contributed by atoms with Crippen LogP contribution in [0.4, 0.5) is 4.39 Å². The minimum Gasteiger partial charge on any atom is -0.352 e. The maximum atomic E-state index is 14.4. The minimum atomic E-state index is -0.639. The zero-order valence-electron chi connectivity index (χ0n) is 27.5. The van der Waals surface area contributed by atoms with Gasteiger partial charge in [-0.2, -0.15) is 0 Å². The van der Waals surface area contributed by atoms with Crippen LogP contribution in [0.25, 0.3) is 27.8 Å². The molecule has 0 spiro atoms. The number of benzene rings is 2. The number of halogens is 1. The Morgan fingerprint density at radius 3 is 2.47 bits per heavy atom. The van der Waals surface area contributed by atoms with Crippen molar-refractivity contribution in [1.29, 1.82) is 0 Å². The fourth-order valence-corrected chi connectivity index (χ4v) is 6.92. The van der Waals surface area contributed by atoms with E-state index in [0.717, 1.165) is 56.1 Å². The van der Waals surface area contributed by atoms with Crippen LogP contribution in [0.1, 0.15) is 43.7 Å². The van der Waals surface area contributed by atoms with Crippen LogP contribution < -0.4 is 16.6 Å². The van der Waals surface area contributed by atoms with Crippen LogP contribution >= 0.6 is 0 Å². The molecule has 1 amide bonds. The number of hydrogen-bond donors (Lipinski definition) is 1. The number of pyridine rings is 1. The monoisotopic (exact) mass is 641 g/mol. The summed E-state index contributed by atoms with van der Waals surface area (Å²) in [6.45, 7) is 5.55. The summed E-state index contributed by atoms with van der Waals surface area (Å²) in [6, 6.07) is 16.9. The Morgan fingerprint density at radius 2 is 1.72 bits per heavy atom. The highest BCUT2D eigenvalue weighted by Gasteiger charge is 2.28. The standard InChI is InChI=1S/C36H44FN7O3/c1-40(2)24-33(45)39-29-12-14-30(15-13-29)44-35(46)32-21-28(37)22-38-34(32)43(36(44)47)31-7-4-6-27(20-31)26-10-8-25(9-11-26)23-42-17-5-16-41(3)18-19-42/h4,6-11,20-22,29-30H,5,12-19,23-24H2,1-3H3,(H,39,45). The van der Waals surface area contributed by atoms with Crippen LogP contribution in [0, 0.1) is 5.82 Å². The maximum Gasteiger partial charge on any atom is 0.337 e. The quantitative estimate of drug-likeness (QED) is 0.314. The molecule has 1 aliphatic carbocycles. The number of aromatic nitrogens is 3. The van der Waals surface area contributed by atoms with Crippen LogP contribution in [-0.4, -0.2) is 94.6 Å². The first-order valence-electron chi connectivity index (χ1n) is 16.5. The molecule has 47 heavy (non-hydrogen) atoms. The second kappa shape index (κ2) is 14.3. The van der Waals surface area contributed by atoms with Crippen molar-refractivity contribution in [3.8, 4) is 16.8 Å². The molecule has 1 aliphatic heterocycles. The molecule has 2 aliphatic rings. The van der Waals surface area contributed by atoms with Gasteiger partial charge in [0.2, 0.25) is 5.91 Å². The summed E-state index contributed by atoms with van der Waals surface area (Å²) in [7, 11) is 5.86. The van der Waals surface area contributed by atoms with Gasteiger partial charge in [-0.1, -0.05) is 36.4 Å². The van der Waals surface area contributed by atoms with E-state index in [4.69, 9.17) is 0 Å². The highest BCUT2D eigenvalue weighted by Crippen LogP contribution is 2.28. The lowest BCUT2D eigenvalue weighted by Crippen LogP contribution is -2.46. The van der Waals surface area contributed by atoms with Gasteiger partial charge in [0.15, 0.2) is 5.65 Å². The number of fused-ring (bicyclic) bond motifs is 1. The van der Waals surface area contributed by atoms with Gasteiger partial charge >= 0.3 is 5.69 Å². The van der Waals surface area contributed by atoms with E-state index in [2.05, 4.69) is 51.4 Å². The fraction of sp³-hybridized carbons (Fsp3) is 0.444. The number of hydrogen-bond acceptors (Lipinski definition) is 7. The van der Waals surface area contributed by atoms with Crippen molar-refractivity contribution in [1.82, 2.24) is 34.1 Å². The molecule has 6 rings (SSSR count). The van der Waals surface area contributed by atoms with E-state index in [0.29, 0.717) is 37.9 Å². The van der Waals surface area contributed by atoms with Gasteiger partial charge in [0.25, 0.3) is 5.56 Å². The van der Waals surface area contributed by atoms with Gasteiger partial charge in [0, 0.05) is 31.7 Å². The molecule has 0 unspecified atom stereocenters. The molecule has 0 bridgehead atoms. The topological polar surface area (TPSA) is 95.7 Å². The van der Waals surface area contributed by atoms with Gasteiger partial charge in [-0.3, -0.25) is 19.1 Å². The molecule has 10 nitrogen and oxygen atoms in total. The molecule has 2 aromatic carbocycles. The van der Waals surface area contributed by atoms with Crippen molar-refractivity contribution in [3.63, 3.8) is 0 Å². The van der Waals surface area contributed by atoms with Crippen LogP contribution in [0.5, 0.6) is 0 Å². The number of nitrogens with zero attached hydrogens (tertiary/aromatic N) is 6. The maximum absolute atomic E-state index is 14.4. The summed E-state index contributed by atoms with van der Waals surface area (Å²) >= 11 is 0. The average molecular weight is 642 g/mol. The Kier molecular flexibility index (Phi) is 9.95. The second-order valence-corrected chi connectivity index (χ2v) is 13.3. The van der Waals surface area contributed by atoms with Gasteiger partial charge in [-0.15, -0.1) is 0 Å². The summed E-state index contributed by atoms with van der Waals surface area (Å²) in [5, 5.41) is 3.12. The Labute approximate surface area is 274 Å². The van der Waals surface area contributed by atoms with Gasteiger partial charge in [0.1, 0.15) is 5.82 Å². The first-order chi connectivity index (χ1) is 22.7. The molecule has 2 fully saturated rings. The Bertz CT molecular complexity index is 1840. The SMILES string of the molecule is CN(C)CC(=O)NC1CCC(n2c(=O)c3cc(F)cnc3n(-c3cccc(-c4ccc(CN5CCCN(C)CC5)cc4)c3)c2=O)CC1. The van der Waals surface area contributed by atoms with E-state index in [1.165, 1.54) is 21.1 Å². The number of rotatable bonds is 8. The van der Waals surface area contributed by atoms with E-state index in [-0.39, 0.29) is 29.0 Å². The van der Waals surface area contributed by atoms with Crippen molar-refractivity contribution in [2.45, 2.75) is 50.7 Å². The summed E-state index contributed by atoms with van der Waals surface area (Å²) in [4.78, 5) is 51.1. The zero-order chi connectivity index (χ0) is 33.1. The van der Waals surface area contributed by atoms with E-state index in [1.54, 1.807) is 0 Å². The third-order valence-corrected chi connectivity index (χ3v) is 9.39. The summed E-state index contributed by atoms with van der Waals surface area (Å²) < 4.78 is 17.1. The van der Waals surface area contributed by atoms with Crippen LogP contribution in [0.3, 0.4) is 0 Å². The predicted octanol–water partition coefficient (Wildman–Crippen LogP) is 3.65. The molecule has 4 aromatic rings. The lowest BCUT2D eigenvalue weighted by Gasteiger charge is -2.30. The third kappa shape index (κ3) is 7.53. The third-order valence-electron chi connectivity index (χ3n) is 9.39. The smallest absolute Gasteiger partial charge is 0.337 e. The van der Waals surface area contributed by atoms with E-state index >= 15 is 0 Å². The van der Waals surface area contributed by atoms with Gasteiger partial charge in [0.05, 0.1) is 23.8 Å². The molecule has 1 saturated carbocycles. The van der Waals surface area contributed by atoms with Gasteiger partial charge < -0.3 is 15.1 Å². The number of carbonyl (C=O) groups is 1. The largest absolute Gasteiger partial charge is 0.352 e. The molecule has 11 heteroatoms. The Hall–Kier alpha value is -4.19. The van der Waals surface area contributed by atoms with E-state index in [1.807, 2.05) is 43.3 Å². The fourth-order valence-electron chi connectivity index (χ4n) is 6.92. The number of carbonyl (C=O) groups excluding carboxylic acids is 1. The molecule has 0 atom stereocenters. The number of nitrogens with one attached hydrogen (secondary N) is 1. The number of amides is 1. The predicted molar refractivity (Wildman–Crippen MR) is 182 cm³/mol. The summed E-state index contributed by atoms with van der Waals surface area (Å²) in [5.74, 6) is -0.690. The van der Waals surface area contributed by atoms with E-state index in [9.17, 15) is 18.8 Å². The number of likely N-dealkylation sites (N-methyl/N-ethyl adjacent to an activating group) is 2. The Morgan fingerprint density at radius 1 is 0.957 bits per heavy atom. The van der Waals surface area contributed by atoms with Gasteiger partial charge in [-0.25, -0.2) is 18.7 Å².